The first kappa shape index (κ1) is 18.5. The van der Waals surface area contributed by atoms with E-state index in [4.69, 9.17) is 4.74 Å². The molecule has 0 saturated carbocycles. The first-order valence-electron chi connectivity index (χ1n) is 8.16. The Hall–Kier alpha value is -3.26. The molecule has 0 spiro atoms. The Morgan fingerprint density at radius 1 is 1.22 bits per heavy atom. The van der Waals surface area contributed by atoms with Gasteiger partial charge in [0, 0.05) is 27.6 Å². The largest absolute Gasteiger partial charge is 0.462 e. The average Bonchev–Trinajstić information content (AvgIpc) is 3.05. The molecule has 0 saturated heterocycles. The van der Waals surface area contributed by atoms with E-state index in [1.165, 1.54) is 23.5 Å². The summed E-state index contributed by atoms with van der Waals surface area (Å²) in [5.74, 6) is -0.812. The van der Waals surface area contributed by atoms with Crippen molar-refractivity contribution in [1.82, 2.24) is 0 Å². The first-order chi connectivity index (χ1) is 12.9. The van der Waals surface area contributed by atoms with Crippen molar-refractivity contribution in [2.24, 2.45) is 0 Å². The Balaban J connectivity index is 1.86. The second kappa shape index (κ2) is 7.55. The lowest BCUT2D eigenvalue weighted by Crippen LogP contribution is -2.14. The predicted molar refractivity (Wildman–Crippen MR) is 104 cm³/mol. The van der Waals surface area contributed by atoms with Crippen molar-refractivity contribution in [2.75, 3.05) is 11.9 Å². The van der Waals surface area contributed by atoms with Crippen molar-refractivity contribution in [3.8, 4) is 0 Å². The van der Waals surface area contributed by atoms with Gasteiger partial charge in [0.25, 0.3) is 11.6 Å². The number of thiophene rings is 1. The number of hydrogen-bond donors (Lipinski definition) is 1. The number of esters is 1. The molecule has 0 aliphatic heterocycles. The van der Waals surface area contributed by atoms with Gasteiger partial charge in [-0.1, -0.05) is 6.07 Å². The van der Waals surface area contributed by atoms with Gasteiger partial charge in [-0.25, -0.2) is 4.79 Å². The number of amides is 1. The topological polar surface area (TPSA) is 98.5 Å². The fourth-order valence-corrected chi connectivity index (χ4v) is 3.63. The highest BCUT2D eigenvalue weighted by Gasteiger charge is 2.18. The van der Waals surface area contributed by atoms with Gasteiger partial charge < -0.3 is 10.1 Å². The lowest BCUT2D eigenvalue weighted by Gasteiger charge is -2.08. The van der Waals surface area contributed by atoms with Crippen LogP contribution in [-0.2, 0) is 4.74 Å². The predicted octanol–water partition coefficient (Wildman–Crippen LogP) is 4.55. The van der Waals surface area contributed by atoms with E-state index in [9.17, 15) is 19.7 Å². The van der Waals surface area contributed by atoms with Gasteiger partial charge in [0.15, 0.2) is 0 Å². The smallest absolute Gasteiger partial charge is 0.348 e. The molecule has 0 atom stereocenters. The van der Waals surface area contributed by atoms with Crippen LogP contribution in [0.3, 0.4) is 0 Å². The maximum atomic E-state index is 12.5. The SMILES string of the molecule is CCOC(=O)c1cc2cc(NC(=O)c3cccc([N+](=O)[O-])c3C)ccc2s1. The van der Waals surface area contributed by atoms with Crippen LogP contribution in [0.15, 0.2) is 42.5 Å². The van der Waals surface area contributed by atoms with Crippen molar-refractivity contribution in [2.45, 2.75) is 13.8 Å². The molecule has 0 aliphatic carbocycles. The molecule has 1 N–H and O–H groups in total. The summed E-state index contributed by atoms with van der Waals surface area (Å²) in [6, 6.07) is 11.4. The van der Waals surface area contributed by atoms with Gasteiger partial charge in [-0.3, -0.25) is 14.9 Å². The maximum Gasteiger partial charge on any atom is 0.348 e. The molecule has 0 bridgehead atoms. The minimum Gasteiger partial charge on any atom is -0.462 e. The highest BCUT2D eigenvalue weighted by atomic mass is 32.1. The fourth-order valence-electron chi connectivity index (χ4n) is 2.69. The van der Waals surface area contributed by atoms with Gasteiger partial charge in [0.2, 0.25) is 0 Å². The van der Waals surface area contributed by atoms with E-state index in [0.717, 1.165) is 10.1 Å². The zero-order valence-corrected chi connectivity index (χ0v) is 15.5. The van der Waals surface area contributed by atoms with E-state index in [1.54, 1.807) is 44.2 Å². The van der Waals surface area contributed by atoms with Crippen molar-refractivity contribution in [1.29, 1.82) is 0 Å². The minimum absolute atomic E-state index is 0.102. The number of rotatable bonds is 5. The lowest BCUT2D eigenvalue weighted by atomic mass is 10.1. The molecule has 138 valence electrons. The number of nitro groups is 1. The quantitative estimate of drug-likeness (QED) is 0.395. The second-order valence-electron chi connectivity index (χ2n) is 5.74. The Labute approximate surface area is 158 Å². The Bertz CT molecular complexity index is 1060. The summed E-state index contributed by atoms with van der Waals surface area (Å²) in [6.45, 7) is 3.59. The standard InChI is InChI=1S/C19H16N2O5S/c1-3-26-19(23)17-10-12-9-13(7-8-16(12)27-17)20-18(22)14-5-4-6-15(11(14)2)21(24)25/h4-10H,3H2,1-2H3,(H,20,22). The van der Waals surface area contributed by atoms with Crippen LogP contribution in [0.1, 0.15) is 32.5 Å². The molecule has 8 heteroatoms. The van der Waals surface area contributed by atoms with Gasteiger partial charge in [-0.15, -0.1) is 11.3 Å². The Morgan fingerprint density at radius 2 is 2.00 bits per heavy atom. The number of nitrogens with one attached hydrogen (secondary N) is 1. The van der Waals surface area contributed by atoms with E-state index < -0.39 is 10.8 Å². The van der Waals surface area contributed by atoms with Crippen LogP contribution < -0.4 is 5.32 Å². The second-order valence-corrected chi connectivity index (χ2v) is 6.83. The van der Waals surface area contributed by atoms with Crippen molar-refractivity contribution in [3.05, 3.63) is 68.6 Å². The summed E-state index contributed by atoms with van der Waals surface area (Å²) >= 11 is 1.31. The van der Waals surface area contributed by atoms with Gasteiger partial charge >= 0.3 is 5.97 Å². The molecule has 0 unspecified atom stereocenters. The number of carbonyl (C=O) groups is 2. The molecule has 0 radical (unpaired) electrons. The van der Waals surface area contributed by atoms with E-state index in [1.807, 2.05) is 0 Å². The van der Waals surface area contributed by atoms with Gasteiger partial charge in [0.05, 0.1) is 11.5 Å². The normalized spacial score (nSPS) is 10.6. The first-order valence-corrected chi connectivity index (χ1v) is 8.98. The number of carbonyl (C=O) groups excluding carboxylic acids is 2. The number of fused-ring (bicyclic) bond motifs is 1. The van der Waals surface area contributed by atoms with E-state index in [-0.39, 0.29) is 17.2 Å². The van der Waals surface area contributed by atoms with Crippen molar-refractivity contribution < 1.29 is 19.2 Å². The molecule has 7 nitrogen and oxygen atoms in total. The van der Waals surface area contributed by atoms with Crippen molar-refractivity contribution >= 4 is 44.7 Å². The van der Waals surface area contributed by atoms with Crippen LogP contribution in [0.4, 0.5) is 11.4 Å². The molecule has 27 heavy (non-hydrogen) atoms. The Kier molecular flexibility index (Phi) is 5.18. The third kappa shape index (κ3) is 3.80. The van der Waals surface area contributed by atoms with Gasteiger partial charge in [-0.05, 0) is 49.6 Å². The average molecular weight is 384 g/mol. The highest BCUT2D eigenvalue weighted by molar-refractivity contribution is 7.20. The van der Waals surface area contributed by atoms with Crippen LogP contribution in [-0.4, -0.2) is 23.4 Å². The van der Waals surface area contributed by atoms with Crippen LogP contribution in [0.5, 0.6) is 0 Å². The number of nitrogens with zero attached hydrogens (tertiary/aromatic N) is 1. The number of benzene rings is 2. The van der Waals surface area contributed by atoms with Crippen LogP contribution >= 0.6 is 11.3 Å². The number of ether oxygens (including phenoxy) is 1. The van der Waals surface area contributed by atoms with Crippen molar-refractivity contribution in [3.63, 3.8) is 0 Å². The molecule has 1 amide bonds. The highest BCUT2D eigenvalue weighted by Crippen LogP contribution is 2.29. The molecule has 2 aromatic carbocycles. The zero-order chi connectivity index (χ0) is 19.6. The molecular weight excluding hydrogens is 368 g/mol. The Morgan fingerprint density at radius 3 is 2.70 bits per heavy atom. The summed E-state index contributed by atoms with van der Waals surface area (Å²) in [5, 5.41) is 14.6. The molecule has 1 aromatic heterocycles. The molecule has 1 heterocycles. The summed E-state index contributed by atoms with van der Waals surface area (Å²) in [4.78, 5) is 35.4. The van der Waals surface area contributed by atoms with E-state index >= 15 is 0 Å². The minimum atomic E-state index is -0.513. The van der Waals surface area contributed by atoms with Crippen LogP contribution in [0, 0.1) is 17.0 Å². The van der Waals surface area contributed by atoms with Gasteiger partial charge in [0.1, 0.15) is 4.88 Å². The molecule has 0 fully saturated rings. The molecule has 0 aliphatic rings. The number of hydrogen-bond acceptors (Lipinski definition) is 6. The third-order valence-electron chi connectivity index (χ3n) is 4.00. The molecule has 3 aromatic rings. The lowest BCUT2D eigenvalue weighted by molar-refractivity contribution is -0.385. The fraction of sp³-hybridized carbons (Fsp3) is 0.158. The molecular formula is C19H16N2O5S. The van der Waals surface area contributed by atoms with E-state index in [0.29, 0.717) is 22.7 Å². The number of nitro benzene ring substituents is 1. The summed E-state index contributed by atoms with van der Waals surface area (Å²) in [5.41, 5.74) is 0.977. The summed E-state index contributed by atoms with van der Waals surface area (Å²) < 4.78 is 5.89. The molecule has 3 rings (SSSR count). The monoisotopic (exact) mass is 384 g/mol. The maximum absolute atomic E-state index is 12.5. The zero-order valence-electron chi connectivity index (χ0n) is 14.6. The third-order valence-corrected chi connectivity index (χ3v) is 5.09. The summed E-state index contributed by atoms with van der Waals surface area (Å²) in [6.07, 6.45) is 0. The number of anilines is 1. The van der Waals surface area contributed by atoms with Gasteiger partial charge in [-0.2, -0.15) is 0 Å². The van der Waals surface area contributed by atoms with Crippen LogP contribution in [0.2, 0.25) is 0 Å². The summed E-state index contributed by atoms with van der Waals surface area (Å²) in [7, 11) is 0. The van der Waals surface area contributed by atoms with Crippen LogP contribution in [0.25, 0.3) is 10.1 Å². The van der Waals surface area contributed by atoms with E-state index in [2.05, 4.69) is 5.32 Å².